The summed E-state index contributed by atoms with van der Waals surface area (Å²) in [5.41, 5.74) is -1.10. The number of rotatable bonds is 5. The number of benzene rings is 1. The van der Waals surface area contributed by atoms with Gasteiger partial charge in [-0.2, -0.15) is 0 Å². The minimum Gasteiger partial charge on any atom is -0.465 e. The average Bonchev–Trinajstić information content (AvgIpc) is 2.96. The zero-order chi connectivity index (χ0) is 20.4. The Morgan fingerprint density at radius 1 is 1.07 bits per heavy atom. The smallest absolute Gasteiger partial charge is 0.324 e. The summed E-state index contributed by atoms with van der Waals surface area (Å²) in [5, 5.41) is 0. The Bertz CT molecular complexity index is 763. The van der Waals surface area contributed by atoms with Gasteiger partial charge < -0.3 is 9.47 Å². The molecule has 0 heterocycles. The lowest BCUT2D eigenvalue weighted by atomic mass is 9.59. The van der Waals surface area contributed by atoms with Gasteiger partial charge in [0.2, 0.25) is 0 Å². The van der Waals surface area contributed by atoms with E-state index in [1.807, 2.05) is 30.3 Å². The molecule has 1 spiro atoms. The number of carbonyl (C=O) groups is 3. The molecule has 1 aromatic rings. The van der Waals surface area contributed by atoms with Crippen molar-refractivity contribution in [2.24, 2.45) is 10.8 Å². The molecular formula is C23H28O5. The molecule has 2 saturated carbocycles. The van der Waals surface area contributed by atoms with Gasteiger partial charge in [0.15, 0.2) is 5.41 Å². The van der Waals surface area contributed by atoms with E-state index in [0.717, 1.165) is 18.4 Å². The van der Waals surface area contributed by atoms with Crippen LogP contribution in [0, 0.1) is 10.8 Å². The predicted molar refractivity (Wildman–Crippen MR) is 105 cm³/mol. The van der Waals surface area contributed by atoms with Crippen LogP contribution in [0.3, 0.4) is 0 Å². The maximum atomic E-state index is 13.3. The average molecular weight is 384 g/mol. The largest absolute Gasteiger partial charge is 0.465 e. The molecule has 0 radical (unpaired) electrons. The normalized spacial score (nSPS) is 26.3. The molecular weight excluding hydrogens is 356 g/mol. The van der Waals surface area contributed by atoms with Crippen LogP contribution in [0.15, 0.2) is 42.5 Å². The molecule has 0 aliphatic heterocycles. The molecule has 150 valence electrons. The molecule has 0 saturated heterocycles. The van der Waals surface area contributed by atoms with Crippen molar-refractivity contribution in [3.8, 4) is 0 Å². The summed E-state index contributed by atoms with van der Waals surface area (Å²) in [6.45, 7) is 7.91. The van der Waals surface area contributed by atoms with Crippen LogP contribution >= 0.6 is 0 Å². The summed E-state index contributed by atoms with van der Waals surface area (Å²) in [6, 6.07) is 9.34. The molecule has 2 aliphatic carbocycles. The molecule has 0 bridgehead atoms. The van der Waals surface area contributed by atoms with Gasteiger partial charge >= 0.3 is 11.9 Å². The Labute approximate surface area is 166 Å². The molecule has 5 heteroatoms. The first-order chi connectivity index (χ1) is 13.4. The van der Waals surface area contributed by atoms with Crippen molar-refractivity contribution in [2.75, 3.05) is 13.2 Å². The molecule has 0 N–H and O–H groups in total. The van der Waals surface area contributed by atoms with Gasteiger partial charge in [0.1, 0.15) is 5.78 Å². The SMILES string of the molecule is C=C1CC(C(=O)OCC)(C(=O)OCC)C(c2ccccc2)C12CCCCC2=O. The number of Topliss-reactive ketones (excluding diaryl/α,β-unsaturated/α-hetero) is 1. The molecule has 3 rings (SSSR count). The van der Waals surface area contributed by atoms with Crippen molar-refractivity contribution in [1.82, 2.24) is 0 Å². The number of carbonyl (C=O) groups excluding carboxylic acids is 3. The second-order valence-electron chi connectivity index (χ2n) is 7.64. The zero-order valence-electron chi connectivity index (χ0n) is 16.7. The Morgan fingerprint density at radius 3 is 2.21 bits per heavy atom. The summed E-state index contributed by atoms with van der Waals surface area (Å²) in [7, 11) is 0. The minimum absolute atomic E-state index is 0.0630. The maximum Gasteiger partial charge on any atom is 0.324 e. The third kappa shape index (κ3) is 2.88. The number of hydrogen-bond donors (Lipinski definition) is 0. The topological polar surface area (TPSA) is 69.7 Å². The van der Waals surface area contributed by atoms with E-state index in [4.69, 9.17) is 9.47 Å². The van der Waals surface area contributed by atoms with Gasteiger partial charge in [-0.15, -0.1) is 0 Å². The summed E-state index contributed by atoms with van der Waals surface area (Å²) in [5.74, 6) is -1.86. The highest BCUT2D eigenvalue weighted by Crippen LogP contribution is 2.66. The van der Waals surface area contributed by atoms with E-state index < -0.39 is 28.7 Å². The van der Waals surface area contributed by atoms with Crippen LogP contribution in [0.4, 0.5) is 0 Å². The first kappa shape index (κ1) is 20.3. The molecule has 2 atom stereocenters. The Hall–Kier alpha value is -2.43. The van der Waals surface area contributed by atoms with Crippen molar-refractivity contribution in [3.63, 3.8) is 0 Å². The van der Waals surface area contributed by atoms with Crippen LogP contribution in [0.25, 0.3) is 0 Å². The van der Waals surface area contributed by atoms with Crippen LogP contribution in [0.1, 0.15) is 57.4 Å². The van der Waals surface area contributed by atoms with E-state index in [1.165, 1.54) is 0 Å². The van der Waals surface area contributed by atoms with Gasteiger partial charge in [-0.25, -0.2) is 0 Å². The van der Waals surface area contributed by atoms with Crippen LogP contribution in [-0.2, 0) is 23.9 Å². The lowest BCUT2D eigenvalue weighted by molar-refractivity contribution is -0.174. The van der Waals surface area contributed by atoms with Crippen molar-refractivity contribution in [3.05, 3.63) is 48.0 Å². The molecule has 0 aromatic heterocycles. The van der Waals surface area contributed by atoms with Crippen LogP contribution in [0.2, 0.25) is 0 Å². The van der Waals surface area contributed by atoms with E-state index in [2.05, 4.69) is 6.58 Å². The second-order valence-corrected chi connectivity index (χ2v) is 7.64. The minimum atomic E-state index is -1.59. The highest BCUT2D eigenvalue weighted by atomic mass is 16.6. The van der Waals surface area contributed by atoms with Crippen LogP contribution in [0.5, 0.6) is 0 Å². The van der Waals surface area contributed by atoms with Crippen molar-refractivity contribution in [2.45, 2.75) is 51.9 Å². The van der Waals surface area contributed by atoms with E-state index in [1.54, 1.807) is 13.8 Å². The highest BCUT2D eigenvalue weighted by molar-refractivity contribution is 6.05. The van der Waals surface area contributed by atoms with E-state index in [9.17, 15) is 14.4 Å². The number of ether oxygens (including phenoxy) is 2. The molecule has 1 aromatic carbocycles. The number of esters is 2. The van der Waals surface area contributed by atoms with Crippen LogP contribution < -0.4 is 0 Å². The summed E-state index contributed by atoms with van der Waals surface area (Å²) < 4.78 is 10.7. The maximum absolute atomic E-state index is 13.3. The lowest BCUT2D eigenvalue weighted by Gasteiger charge is -2.42. The number of hydrogen-bond acceptors (Lipinski definition) is 5. The van der Waals surface area contributed by atoms with Gasteiger partial charge in [0.05, 0.1) is 18.6 Å². The second kappa shape index (κ2) is 7.90. The van der Waals surface area contributed by atoms with Gasteiger partial charge in [0, 0.05) is 12.3 Å². The Kier molecular flexibility index (Phi) is 5.73. The van der Waals surface area contributed by atoms with Crippen molar-refractivity contribution >= 4 is 17.7 Å². The third-order valence-electron chi connectivity index (χ3n) is 6.24. The van der Waals surface area contributed by atoms with Crippen molar-refractivity contribution < 1.29 is 23.9 Å². The predicted octanol–water partition coefficient (Wildman–Crippen LogP) is 3.97. The standard InChI is InChI=1S/C23H28O5/c1-4-27-20(25)23(21(26)28-5-2)15-16(3)22(14-10-9-13-18(22)24)19(23)17-11-7-6-8-12-17/h6-8,11-12,19H,3-5,9-10,13-15H2,1-2H3. The molecule has 5 nitrogen and oxygen atoms in total. The first-order valence-corrected chi connectivity index (χ1v) is 10.1. The molecule has 2 unspecified atom stereocenters. The van der Waals surface area contributed by atoms with Crippen molar-refractivity contribution in [1.29, 1.82) is 0 Å². The molecule has 28 heavy (non-hydrogen) atoms. The van der Waals surface area contributed by atoms with E-state index in [-0.39, 0.29) is 25.4 Å². The Balaban J connectivity index is 2.28. The fraction of sp³-hybridized carbons (Fsp3) is 0.522. The molecule has 2 fully saturated rings. The van der Waals surface area contributed by atoms with Gasteiger partial charge in [-0.1, -0.05) is 48.9 Å². The van der Waals surface area contributed by atoms with E-state index >= 15 is 0 Å². The third-order valence-corrected chi connectivity index (χ3v) is 6.24. The number of ketones is 1. The first-order valence-electron chi connectivity index (χ1n) is 10.1. The summed E-state index contributed by atoms with van der Waals surface area (Å²) >= 11 is 0. The van der Waals surface area contributed by atoms with Crippen LogP contribution in [-0.4, -0.2) is 30.9 Å². The van der Waals surface area contributed by atoms with Gasteiger partial charge in [-0.3, -0.25) is 14.4 Å². The Morgan fingerprint density at radius 2 is 1.68 bits per heavy atom. The monoisotopic (exact) mass is 384 g/mol. The number of allylic oxidation sites excluding steroid dienone is 1. The lowest BCUT2D eigenvalue weighted by Crippen LogP contribution is -2.49. The molecule has 0 amide bonds. The fourth-order valence-corrected chi connectivity index (χ4v) is 5.15. The quantitative estimate of drug-likeness (QED) is 0.436. The zero-order valence-corrected chi connectivity index (χ0v) is 16.7. The van der Waals surface area contributed by atoms with Gasteiger partial charge in [-0.05, 0) is 38.7 Å². The molecule has 2 aliphatic rings. The highest BCUT2D eigenvalue weighted by Gasteiger charge is 2.70. The summed E-state index contributed by atoms with van der Waals surface area (Å²) in [4.78, 5) is 39.8. The van der Waals surface area contributed by atoms with E-state index in [0.29, 0.717) is 18.4 Å². The van der Waals surface area contributed by atoms with Gasteiger partial charge in [0.25, 0.3) is 0 Å². The summed E-state index contributed by atoms with van der Waals surface area (Å²) in [6.07, 6.45) is 2.78. The fourth-order valence-electron chi connectivity index (χ4n) is 5.15.